The Balaban J connectivity index is 1.74. The lowest BCUT2D eigenvalue weighted by molar-refractivity contribution is -0.117. The summed E-state index contributed by atoms with van der Waals surface area (Å²) in [6, 6.07) is 17.0. The van der Waals surface area contributed by atoms with Crippen molar-refractivity contribution in [3.05, 3.63) is 65.7 Å². The summed E-state index contributed by atoms with van der Waals surface area (Å²) in [5.74, 6) is -0.00457. The molecule has 0 aliphatic carbocycles. The minimum Gasteiger partial charge on any atom is -0.346 e. The van der Waals surface area contributed by atoms with Crippen LogP contribution in [-0.2, 0) is 4.79 Å². The summed E-state index contributed by atoms with van der Waals surface area (Å²) < 4.78 is 0. The summed E-state index contributed by atoms with van der Waals surface area (Å²) in [6.45, 7) is 2.69. The molecule has 0 aromatic heterocycles. The Morgan fingerprint density at radius 2 is 1.91 bits per heavy atom. The molecule has 0 radical (unpaired) electrons. The van der Waals surface area contributed by atoms with Gasteiger partial charge in [-0.05, 0) is 37.1 Å². The van der Waals surface area contributed by atoms with E-state index in [-0.39, 0.29) is 17.9 Å². The maximum Gasteiger partial charge on any atom is 0.251 e. The number of hydrogen-bond acceptors (Lipinski definition) is 2. The lowest BCUT2D eigenvalue weighted by Gasteiger charge is -2.18. The minimum absolute atomic E-state index is 0.0687. The second kappa shape index (κ2) is 6.65. The Hall–Kier alpha value is -2.62. The van der Waals surface area contributed by atoms with Crippen molar-refractivity contribution >= 4 is 17.5 Å². The lowest BCUT2D eigenvalue weighted by Crippen LogP contribution is -2.27. The van der Waals surface area contributed by atoms with Gasteiger partial charge in [0.15, 0.2) is 0 Å². The summed E-state index contributed by atoms with van der Waals surface area (Å²) in [5, 5.41) is 3.00. The molecule has 4 nitrogen and oxygen atoms in total. The molecule has 1 heterocycles. The molecule has 1 N–H and O–H groups in total. The van der Waals surface area contributed by atoms with Crippen molar-refractivity contribution in [1.29, 1.82) is 0 Å². The van der Waals surface area contributed by atoms with E-state index in [1.807, 2.05) is 49.4 Å². The molecule has 2 aromatic rings. The van der Waals surface area contributed by atoms with E-state index in [0.717, 1.165) is 24.2 Å². The molecule has 0 spiro atoms. The number of nitrogens with one attached hydrogen (secondary N) is 1. The van der Waals surface area contributed by atoms with E-state index in [4.69, 9.17) is 0 Å². The smallest absolute Gasteiger partial charge is 0.251 e. The maximum absolute atomic E-state index is 12.5. The first-order chi connectivity index (χ1) is 11.1. The van der Waals surface area contributed by atoms with Gasteiger partial charge in [0.2, 0.25) is 5.91 Å². The fourth-order valence-corrected chi connectivity index (χ4v) is 2.84. The predicted octanol–water partition coefficient (Wildman–Crippen LogP) is 3.30. The maximum atomic E-state index is 12.5. The molecule has 2 aromatic carbocycles. The predicted molar refractivity (Wildman–Crippen MR) is 90.4 cm³/mol. The molecule has 4 heteroatoms. The number of anilines is 1. The van der Waals surface area contributed by atoms with E-state index in [1.54, 1.807) is 17.0 Å². The number of nitrogens with zero attached hydrogens (tertiary/aromatic N) is 1. The molecule has 1 fully saturated rings. The van der Waals surface area contributed by atoms with Crippen molar-refractivity contribution in [1.82, 2.24) is 5.32 Å². The zero-order valence-corrected chi connectivity index (χ0v) is 13.2. The summed E-state index contributed by atoms with van der Waals surface area (Å²) in [4.78, 5) is 26.1. The van der Waals surface area contributed by atoms with Crippen LogP contribution in [0.1, 0.15) is 41.7 Å². The third-order valence-electron chi connectivity index (χ3n) is 4.14. The first-order valence-electron chi connectivity index (χ1n) is 7.91. The van der Waals surface area contributed by atoms with Gasteiger partial charge < -0.3 is 10.2 Å². The number of amides is 2. The van der Waals surface area contributed by atoms with Gasteiger partial charge in [-0.15, -0.1) is 0 Å². The van der Waals surface area contributed by atoms with Crippen LogP contribution in [0.2, 0.25) is 0 Å². The molecule has 3 rings (SSSR count). The van der Waals surface area contributed by atoms with Crippen LogP contribution in [0.5, 0.6) is 0 Å². The average molecular weight is 308 g/mol. The highest BCUT2D eigenvalue weighted by Gasteiger charge is 2.22. The molecular weight excluding hydrogens is 288 g/mol. The highest BCUT2D eigenvalue weighted by Crippen LogP contribution is 2.22. The molecule has 2 amide bonds. The number of rotatable bonds is 4. The molecule has 0 saturated carbocycles. The average Bonchev–Trinajstić information content (AvgIpc) is 3.02. The van der Waals surface area contributed by atoms with E-state index in [2.05, 4.69) is 5.32 Å². The second-order valence-electron chi connectivity index (χ2n) is 5.81. The first-order valence-corrected chi connectivity index (χ1v) is 7.91. The number of carbonyl (C=O) groups is 2. The molecule has 1 aliphatic heterocycles. The van der Waals surface area contributed by atoms with Gasteiger partial charge in [0.1, 0.15) is 0 Å². The van der Waals surface area contributed by atoms with Crippen molar-refractivity contribution in [2.45, 2.75) is 25.8 Å². The van der Waals surface area contributed by atoms with Gasteiger partial charge in [-0.25, -0.2) is 0 Å². The van der Waals surface area contributed by atoms with Gasteiger partial charge in [0.25, 0.3) is 5.91 Å². The molecule has 0 unspecified atom stereocenters. The zero-order chi connectivity index (χ0) is 16.2. The molecule has 0 bridgehead atoms. The van der Waals surface area contributed by atoms with Gasteiger partial charge in [0.05, 0.1) is 6.04 Å². The number of hydrogen-bond donors (Lipinski definition) is 1. The Morgan fingerprint density at radius 1 is 1.13 bits per heavy atom. The van der Waals surface area contributed by atoms with Gasteiger partial charge >= 0.3 is 0 Å². The van der Waals surface area contributed by atoms with E-state index in [0.29, 0.717) is 12.0 Å². The van der Waals surface area contributed by atoms with Crippen LogP contribution in [0.4, 0.5) is 5.69 Å². The van der Waals surface area contributed by atoms with E-state index >= 15 is 0 Å². The number of carbonyl (C=O) groups excluding carboxylic acids is 2. The quantitative estimate of drug-likeness (QED) is 0.942. The highest BCUT2D eigenvalue weighted by molar-refractivity contribution is 5.99. The highest BCUT2D eigenvalue weighted by atomic mass is 16.2. The minimum atomic E-state index is -0.130. The molecular formula is C19H20N2O2. The van der Waals surface area contributed by atoms with Crippen molar-refractivity contribution in [3.8, 4) is 0 Å². The van der Waals surface area contributed by atoms with Crippen LogP contribution in [-0.4, -0.2) is 18.4 Å². The normalized spacial score (nSPS) is 15.5. The molecule has 1 aliphatic rings. The van der Waals surface area contributed by atoms with Crippen molar-refractivity contribution in [3.63, 3.8) is 0 Å². The lowest BCUT2D eigenvalue weighted by atomic mass is 10.1. The largest absolute Gasteiger partial charge is 0.346 e. The van der Waals surface area contributed by atoms with Crippen LogP contribution in [0.15, 0.2) is 54.6 Å². The fraction of sp³-hybridized carbons (Fsp3) is 0.263. The Labute approximate surface area is 136 Å². The van der Waals surface area contributed by atoms with E-state index < -0.39 is 0 Å². The van der Waals surface area contributed by atoms with Crippen LogP contribution in [0.25, 0.3) is 0 Å². The summed E-state index contributed by atoms with van der Waals surface area (Å²) in [5.41, 5.74) is 2.43. The van der Waals surface area contributed by atoms with Crippen LogP contribution in [0.3, 0.4) is 0 Å². The van der Waals surface area contributed by atoms with E-state index in [1.165, 1.54) is 0 Å². The van der Waals surface area contributed by atoms with Gasteiger partial charge in [-0.1, -0.05) is 36.4 Å². The molecule has 1 atom stereocenters. The summed E-state index contributed by atoms with van der Waals surface area (Å²) in [6.07, 6.45) is 1.46. The standard InChI is InChI=1S/C19H20N2O2/c1-14(15-7-3-2-4-8-15)20-19(23)16-9-5-10-17(13-16)21-12-6-11-18(21)22/h2-5,7-10,13-14H,6,11-12H2,1H3,(H,20,23)/t14-/m1/s1. The van der Waals surface area contributed by atoms with Crippen molar-refractivity contribution in [2.75, 3.05) is 11.4 Å². The Morgan fingerprint density at radius 3 is 2.61 bits per heavy atom. The molecule has 118 valence electrons. The van der Waals surface area contributed by atoms with Crippen LogP contribution >= 0.6 is 0 Å². The second-order valence-corrected chi connectivity index (χ2v) is 5.81. The Bertz CT molecular complexity index is 712. The van der Waals surface area contributed by atoms with Gasteiger partial charge in [0, 0.05) is 24.2 Å². The number of benzene rings is 2. The zero-order valence-electron chi connectivity index (χ0n) is 13.2. The molecule has 1 saturated heterocycles. The van der Waals surface area contributed by atoms with Gasteiger partial charge in [-0.3, -0.25) is 9.59 Å². The van der Waals surface area contributed by atoms with Crippen LogP contribution in [0, 0.1) is 0 Å². The Kier molecular flexibility index (Phi) is 4.42. The third kappa shape index (κ3) is 3.42. The third-order valence-corrected chi connectivity index (χ3v) is 4.14. The first kappa shape index (κ1) is 15.3. The van der Waals surface area contributed by atoms with Gasteiger partial charge in [-0.2, -0.15) is 0 Å². The molecule has 23 heavy (non-hydrogen) atoms. The monoisotopic (exact) mass is 308 g/mol. The van der Waals surface area contributed by atoms with Crippen molar-refractivity contribution in [2.24, 2.45) is 0 Å². The summed E-state index contributed by atoms with van der Waals surface area (Å²) in [7, 11) is 0. The van der Waals surface area contributed by atoms with E-state index in [9.17, 15) is 9.59 Å². The SMILES string of the molecule is C[C@@H](NC(=O)c1cccc(N2CCCC2=O)c1)c1ccccc1. The van der Waals surface area contributed by atoms with Crippen LogP contribution < -0.4 is 10.2 Å². The summed E-state index contributed by atoms with van der Waals surface area (Å²) >= 11 is 0. The topological polar surface area (TPSA) is 49.4 Å². The van der Waals surface area contributed by atoms with Crippen molar-refractivity contribution < 1.29 is 9.59 Å². The fourth-order valence-electron chi connectivity index (χ4n) is 2.84.